The van der Waals surface area contributed by atoms with E-state index in [4.69, 9.17) is 0 Å². The van der Waals surface area contributed by atoms with Crippen molar-refractivity contribution in [2.45, 2.75) is 38.5 Å². The molecule has 49 heavy (non-hydrogen) atoms. The Bertz CT molecular complexity index is 2660. The van der Waals surface area contributed by atoms with Crippen LogP contribution in [-0.4, -0.2) is 9.13 Å². The highest BCUT2D eigenvalue weighted by Crippen LogP contribution is 2.50. The van der Waals surface area contributed by atoms with E-state index in [0.717, 1.165) is 43.0 Å². The van der Waals surface area contributed by atoms with Crippen molar-refractivity contribution in [1.29, 1.82) is 0 Å². The van der Waals surface area contributed by atoms with Gasteiger partial charge < -0.3 is 9.13 Å². The zero-order chi connectivity index (χ0) is 32.2. The summed E-state index contributed by atoms with van der Waals surface area (Å²) in [7, 11) is 0. The lowest BCUT2D eigenvalue weighted by molar-refractivity contribution is 0.820. The first-order valence-electron chi connectivity index (χ1n) is 17.6. The Morgan fingerprint density at radius 3 is 2.18 bits per heavy atom. The van der Waals surface area contributed by atoms with Gasteiger partial charge in [-0.1, -0.05) is 94.8 Å². The zero-order valence-electron chi connectivity index (χ0n) is 27.1. The summed E-state index contributed by atoms with van der Waals surface area (Å²) < 4.78 is 6.26. The van der Waals surface area contributed by atoms with Gasteiger partial charge in [0, 0.05) is 54.7 Å². The SMILES string of the molecule is Brc1ccc2c(c1)-c1cccc3c(-n4c5c(c6c4CCC(c4ccc7c(c4)c4c(n7-c7ccccc7)CCC=C4)=C6)C=CCC5)ccc-2c13. The van der Waals surface area contributed by atoms with Crippen LogP contribution in [0.2, 0.25) is 0 Å². The lowest BCUT2D eigenvalue weighted by Gasteiger charge is -2.20. The fourth-order valence-electron chi connectivity index (χ4n) is 9.30. The van der Waals surface area contributed by atoms with Crippen LogP contribution in [0.4, 0.5) is 0 Å². The topological polar surface area (TPSA) is 9.86 Å². The van der Waals surface area contributed by atoms with Gasteiger partial charge in [0.25, 0.3) is 0 Å². The molecule has 3 heteroatoms. The van der Waals surface area contributed by atoms with Crippen molar-refractivity contribution in [2.24, 2.45) is 0 Å². The van der Waals surface area contributed by atoms with E-state index < -0.39 is 0 Å². The normalized spacial score (nSPS) is 15.3. The minimum atomic E-state index is 1.03. The maximum absolute atomic E-state index is 3.73. The molecule has 11 rings (SSSR count). The molecule has 0 bridgehead atoms. The molecule has 5 aromatic carbocycles. The Morgan fingerprint density at radius 2 is 1.31 bits per heavy atom. The van der Waals surface area contributed by atoms with E-state index in [2.05, 4.69) is 153 Å². The van der Waals surface area contributed by atoms with E-state index in [1.165, 1.54) is 100 Å². The van der Waals surface area contributed by atoms with Crippen molar-refractivity contribution >= 4 is 61.4 Å². The van der Waals surface area contributed by atoms with Crippen LogP contribution in [0.15, 0.2) is 114 Å². The van der Waals surface area contributed by atoms with E-state index in [1.54, 1.807) is 0 Å². The zero-order valence-corrected chi connectivity index (χ0v) is 28.7. The van der Waals surface area contributed by atoms with Crippen molar-refractivity contribution in [1.82, 2.24) is 9.13 Å². The molecule has 0 atom stereocenters. The quantitative estimate of drug-likeness (QED) is 0.174. The summed E-state index contributed by atoms with van der Waals surface area (Å²) in [5.74, 6) is 0. The number of aromatic nitrogens is 2. The number of hydrogen-bond acceptors (Lipinski definition) is 0. The Morgan fingerprint density at radius 1 is 0.531 bits per heavy atom. The molecule has 0 unspecified atom stereocenters. The van der Waals surface area contributed by atoms with E-state index in [0.29, 0.717) is 0 Å². The summed E-state index contributed by atoms with van der Waals surface area (Å²) in [6.45, 7) is 0. The maximum atomic E-state index is 3.73. The molecule has 0 amide bonds. The van der Waals surface area contributed by atoms with Gasteiger partial charge in [-0.3, -0.25) is 0 Å². The van der Waals surface area contributed by atoms with Crippen molar-refractivity contribution < 1.29 is 0 Å². The number of halogens is 1. The highest BCUT2D eigenvalue weighted by molar-refractivity contribution is 9.10. The van der Waals surface area contributed by atoms with Gasteiger partial charge >= 0.3 is 0 Å². The highest BCUT2D eigenvalue weighted by Gasteiger charge is 2.29. The van der Waals surface area contributed by atoms with Gasteiger partial charge in [-0.2, -0.15) is 0 Å². The molecule has 0 saturated heterocycles. The van der Waals surface area contributed by atoms with Crippen LogP contribution < -0.4 is 0 Å². The first-order valence-corrected chi connectivity index (χ1v) is 18.4. The van der Waals surface area contributed by atoms with Crippen molar-refractivity contribution in [3.05, 3.63) is 153 Å². The predicted octanol–water partition coefficient (Wildman–Crippen LogP) is 12.4. The average molecular weight is 694 g/mol. The van der Waals surface area contributed by atoms with Crippen molar-refractivity contribution in [3.8, 4) is 33.6 Å². The van der Waals surface area contributed by atoms with Gasteiger partial charge in [0.05, 0.1) is 11.2 Å². The van der Waals surface area contributed by atoms with Gasteiger partial charge in [-0.05, 0) is 126 Å². The first-order chi connectivity index (χ1) is 24.2. The Kier molecular flexibility index (Phi) is 5.92. The van der Waals surface area contributed by atoms with Crippen LogP contribution in [-0.2, 0) is 19.3 Å². The number of nitrogens with zero attached hydrogens (tertiary/aromatic N) is 2. The number of hydrogen-bond donors (Lipinski definition) is 0. The summed E-state index contributed by atoms with van der Waals surface area (Å²) >= 11 is 3.73. The molecular formula is C46H33BrN2. The first kappa shape index (κ1) is 27.8. The van der Waals surface area contributed by atoms with Crippen LogP contribution in [0.25, 0.3) is 79.1 Å². The molecular weight excluding hydrogens is 660 g/mol. The van der Waals surface area contributed by atoms with Gasteiger partial charge in [0.15, 0.2) is 0 Å². The van der Waals surface area contributed by atoms with Crippen LogP contribution in [0.1, 0.15) is 58.6 Å². The summed E-state index contributed by atoms with van der Waals surface area (Å²) in [6.07, 6.45) is 18.4. The molecule has 0 fully saturated rings. The Hall–Kier alpha value is -5.12. The third-order valence-electron chi connectivity index (χ3n) is 11.4. The third-order valence-corrected chi connectivity index (χ3v) is 11.9. The second kappa shape index (κ2) is 10.4. The smallest absolute Gasteiger partial charge is 0.0538 e. The fourth-order valence-corrected chi connectivity index (χ4v) is 9.66. The minimum Gasteiger partial charge on any atom is -0.316 e. The van der Waals surface area contributed by atoms with Crippen LogP contribution >= 0.6 is 15.9 Å². The molecule has 2 aromatic heterocycles. The molecule has 7 aromatic rings. The lowest BCUT2D eigenvalue weighted by Crippen LogP contribution is -2.08. The average Bonchev–Trinajstić information content (AvgIpc) is 3.78. The molecule has 4 aliphatic rings. The molecule has 0 spiro atoms. The number of fused-ring (bicyclic) bond motifs is 9. The van der Waals surface area contributed by atoms with E-state index in [-0.39, 0.29) is 0 Å². The van der Waals surface area contributed by atoms with Crippen LogP contribution in [0.3, 0.4) is 0 Å². The predicted molar refractivity (Wildman–Crippen MR) is 210 cm³/mol. The fraction of sp³-hybridized carbons (Fsp3) is 0.130. The molecule has 0 radical (unpaired) electrons. The number of rotatable bonds is 3. The summed E-state index contributed by atoms with van der Waals surface area (Å²) in [5.41, 5.74) is 20.6. The summed E-state index contributed by atoms with van der Waals surface area (Å²) in [5, 5.41) is 4.09. The number of para-hydroxylation sites is 1. The minimum absolute atomic E-state index is 1.03. The Labute approximate surface area is 294 Å². The van der Waals surface area contributed by atoms with E-state index in [1.807, 2.05) is 0 Å². The second-order valence-corrected chi connectivity index (χ2v) is 14.8. The highest BCUT2D eigenvalue weighted by atomic mass is 79.9. The van der Waals surface area contributed by atoms with Crippen LogP contribution in [0, 0.1) is 0 Å². The third kappa shape index (κ3) is 3.94. The van der Waals surface area contributed by atoms with Crippen molar-refractivity contribution in [2.75, 3.05) is 0 Å². The van der Waals surface area contributed by atoms with Gasteiger partial charge in [0.1, 0.15) is 0 Å². The molecule has 0 saturated carbocycles. The van der Waals surface area contributed by atoms with E-state index >= 15 is 0 Å². The van der Waals surface area contributed by atoms with E-state index in [9.17, 15) is 0 Å². The van der Waals surface area contributed by atoms with Gasteiger partial charge in [-0.25, -0.2) is 0 Å². The Balaban J connectivity index is 1.08. The molecule has 0 aliphatic heterocycles. The molecule has 0 N–H and O–H groups in total. The van der Waals surface area contributed by atoms with Gasteiger partial charge in [-0.15, -0.1) is 0 Å². The number of benzene rings is 5. The standard InChI is InChI=1S/C46H33BrN2/c47-30-19-20-32-36-21-24-43(37-14-8-13-35(46(36)37)38(32)27-30)49-42-16-7-5-12-34(42)40-26-29(18-23-45(40)49)28-17-22-44-39(25-28)33-11-4-6-15-41(33)48(44)31-9-2-1-3-10-31/h1-5,8-14,17,19-22,24-27H,6-7,15-16,18,23H2. The lowest BCUT2D eigenvalue weighted by atomic mass is 9.89. The molecule has 4 aliphatic carbocycles. The molecule has 234 valence electrons. The van der Waals surface area contributed by atoms with Gasteiger partial charge in [0.2, 0.25) is 0 Å². The van der Waals surface area contributed by atoms with Crippen LogP contribution in [0.5, 0.6) is 0 Å². The largest absolute Gasteiger partial charge is 0.316 e. The summed E-state index contributed by atoms with van der Waals surface area (Å²) in [6, 6.07) is 36.4. The molecule has 2 heterocycles. The number of allylic oxidation sites excluding steroid dienone is 3. The maximum Gasteiger partial charge on any atom is 0.0538 e. The van der Waals surface area contributed by atoms with Crippen molar-refractivity contribution in [3.63, 3.8) is 0 Å². The second-order valence-electron chi connectivity index (χ2n) is 13.9. The summed E-state index contributed by atoms with van der Waals surface area (Å²) in [4.78, 5) is 0. The molecule has 2 nitrogen and oxygen atoms in total. The monoisotopic (exact) mass is 692 g/mol.